The number of H-pyrrole nitrogens is 1. The second kappa shape index (κ2) is 6.64. The number of halogens is 6. The minimum absolute atomic E-state index is 0.108. The van der Waals surface area contributed by atoms with Crippen molar-refractivity contribution in [2.45, 2.75) is 25.4 Å². The van der Waals surface area contributed by atoms with Gasteiger partial charge >= 0.3 is 12.4 Å². The Hall–Kier alpha value is -2.55. The number of hydrogen-bond acceptors (Lipinski definition) is 2. The molecule has 0 amide bonds. The Kier molecular flexibility index (Phi) is 4.66. The quantitative estimate of drug-likeness (QED) is 0.640. The van der Waals surface area contributed by atoms with E-state index in [1.54, 1.807) is 6.07 Å². The minimum Gasteiger partial charge on any atom is -0.341 e. The standard InChI is InChI=1S/C17H13F6N3/c18-16(19,20)11-5-10(6-12(7-11)17(21,22)23)8-24-9-15-25-13-3-1-2-4-14(13)26-15/h1-7,24H,8-9H2,(H,25,26). The summed E-state index contributed by atoms with van der Waals surface area (Å²) in [5.41, 5.74) is -1.24. The lowest BCUT2D eigenvalue weighted by Gasteiger charge is -2.14. The maximum absolute atomic E-state index is 12.8. The predicted molar refractivity (Wildman–Crippen MR) is 83.1 cm³/mol. The average Bonchev–Trinajstić information content (AvgIpc) is 2.95. The van der Waals surface area contributed by atoms with Crippen molar-refractivity contribution in [3.05, 3.63) is 65.0 Å². The van der Waals surface area contributed by atoms with Crippen molar-refractivity contribution < 1.29 is 26.3 Å². The third-order valence-electron chi connectivity index (χ3n) is 3.71. The van der Waals surface area contributed by atoms with Gasteiger partial charge in [0, 0.05) is 6.54 Å². The van der Waals surface area contributed by atoms with Gasteiger partial charge in [0.05, 0.1) is 28.7 Å². The van der Waals surface area contributed by atoms with E-state index in [4.69, 9.17) is 0 Å². The number of benzene rings is 2. The highest BCUT2D eigenvalue weighted by Crippen LogP contribution is 2.36. The fourth-order valence-electron chi connectivity index (χ4n) is 2.54. The number of aromatic amines is 1. The van der Waals surface area contributed by atoms with E-state index in [1.165, 1.54) is 0 Å². The fourth-order valence-corrected chi connectivity index (χ4v) is 2.54. The molecule has 0 saturated carbocycles. The van der Waals surface area contributed by atoms with Crippen LogP contribution in [0.5, 0.6) is 0 Å². The molecule has 3 nitrogen and oxygen atoms in total. The van der Waals surface area contributed by atoms with E-state index in [2.05, 4.69) is 15.3 Å². The molecule has 26 heavy (non-hydrogen) atoms. The van der Waals surface area contributed by atoms with Crippen LogP contribution in [0.2, 0.25) is 0 Å². The summed E-state index contributed by atoms with van der Waals surface area (Å²) in [6, 6.07) is 8.76. The van der Waals surface area contributed by atoms with Gasteiger partial charge in [-0.2, -0.15) is 26.3 Å². The number of para-hydroxylation sites is 2. The van der Waals surface area contributed by atoms with Crippen molar-refractivity contribution in [2.24, 2.45) is 0 Å². The normalized spacial score (nSPS) is 12.7. The number of aromatic nitrogens is 2. The number of hydrogen-bond donors (Lipinski definition) is 2. The number of fused-ring (bicyclic) bond motifs is 1. The van der Waals surface area contributed by atoms with Crippen LogP contribution < -0.4 is 5.32 Å². The molecule has 0 unspecified atom stereocenters. The zero-order chi connectivity index (χ0) is 18.9. The molecule has 1 aromatic heterocycles. The van der Waals surface area contributed by atoms with E-state index in [0.717, 1.165) is 11.0 Å². The number of imidazole rings is 1. The summed E-state index contributed by atoms with van der Waals surface area (Å²) >= 11 is 0. The first-order valence-electron chi connectivity index (χ1n) is 7.55. The zero-order valence-electron chi connectivity index (χ0n) is 13.2. The summed E-state index contributed by atoms with van der Waals surface area (Å²) in [6.45, 7) is 0.0102. The van der Waals surface area contributed by atoms with Crippen LogP contribution in [0.1, 0.15) is 22.5 Å². The molecule has 0 aliphatic heterocycles. The van der Waals surface area contributed by atoms with Gasteiger partial charge in [-0.3, -0.25) is 0 Å². The molecule has 1 heterocycles. The number of rotatable bonds is 4. The Morgan fingerprint density at radius 2 is 1.46 bits per heavy atom. The van der Waals surface area contributed by atoms with Gasteiger partial charge < -0.3 is 10.3 Å². The SMILES string of the molecule is FC(F)(F)c1cc(CNCc2nc3ccccc3[nH]2)cc(C(F)(F)F)c1. The van der Waals surface area contributed by atoms with E-state index < -0.39 is 23.5 Å². The van der Waals surface area contributed by atoms with Gasteiger partial charge in [0.15, 0.2) is 0 Å². The maximum Gasteiger partial charge on any atom is 0.416 e. The van der Waals surface area contributed by atoms with Crippen LogP contribution in [0.4, 0.5) is 26.3 Å². The van der Waals surface area contributed by atoms with Crippen LogP contribution >= 0.6 is 0 Å². The lowest BCUT2D eigenvalue weighted by molar-refractivity contribution is -0.143. The van der Waals surface area contributed by atoms with Gasteiger partial charge in [-0.1, -0.05) is 12.1 Å². The third kappa shape index (κ3) is 4.16. The summed E-state index contributed by atoms with van der Waals surface area (Å²) in [5.74, 6) is 0.536. The van der Waals surface area contributed by atoms with Gasteiger partial charge in [-0.05, 0) is 35.9 Å². The van der Waals surface area contributed by atoms with Crippen LogP contribution in [0.15, 0.2) is 42.5 Å². The molecule has 0 aliphatic rings. The second-order valence-corrected chi connectivity index (χ2v) is 5.72. The largest absolute Gasteiger partial charge is 0.416 e. The van der Waals surface area contributed by atoms with Crippen LogP contribution in [-0.2, 0) is 25.4 Å². The summed E-state index contributed by atoms with van der Waals surface area (Å²) in [5, 5.41) is 2.81. The Balaban J connectivity index is 1.76. The van der Waals surface area contributed by atoms with Crippen LogP contribution in [0, 0.1) is 0 Å². The van der Waals surface area contributed by atoms with E-state index in [9.17, 15) is 26.3 Å². The fraction of sp³-hybridized carbons (Fsp3) is 0.235. The first-order chi connectivity index (χ1) is 12.1. The molecule has 0 aliphatic carbocycles. The van der Waals surface area contributed by atoms with E-state index in [0.29, 0.717) is 18.0 Å². The van der Waals surface area contributed by atoms with Gasteiger partial charge in [0.2, 0.25) is 0 Å². The molecule has 2 N–H and O–H groups in total. The van der Waals surface area contributed by atoms with Gasteiger partial charge in [0.1, 0.15) is 5.82 Å². The lowest BCUT2D eigenvalue weighted by atomic mass is 10.0. The van der Waals surface area contributed by atoms with Gasteiger partial charge in [0.25, 0.3) is 0 Å². The highest BCUT2D eigenvalue weighted by atomic mass is 19.4. The summed E-state index contributed by atoms with van der Waals surface area (Å²) in [4.78, 5) is 7.30. The smallest absolute Gasteiger partial charge is 0.341 e. The average molecular weight is 373 g/mol. The van der Waals surface area contributed by atoms with Gasteiger partial charge in [-0.15, -0.1) is 0 Å². The Labute approximate surface area is 144 Å². The molecular formula is C17H13F6N3. The molecule has 0 bridgehead atoms. The first kappa shape index (κ1) is 18.2. The van der Waals surface area contributed by atoms with E-state index in [1.807, 2.05) is 18.2 Å². The lowest BCUT2D eigenvalue weighted by Crippen LogP contribution is -2.17. The second-order valence-electron chi connectivity index (χ2n) is 5.72. The monoisotopic (exact) mass is 373 g/mol. The highest BCUT2D eigenvalue weighted by molar-refractivity contribution is 5.74. The Morgan fingerprint density at radius 3 is 2.04 bits per heavy atom. The molecule has 0 radical (unpaired) electrons. The number of nitrogens with one attached hydrogen (secondary N) is 2. The molecular weight excluding hydrogens is 360 g/mol. The summed E-state index contributed by atoms with van der Waals surface area (Å²) < 4.78 is 77.0. The number of nitrogens with zero attached hydrogens (tertiary/aromatic N) is 1. The summed E-state index contributed by atoms with van der Waals surface area (Å²) in [6.07, 6.45) is -9.70. The van der Waals surface area contributed by atoms with Crippen LogP contribution in [0.25, 0.3) is 11.0 Å². The van der Waals surface area contributed by atoms with Crippen molar-refractivity contribution in [1.82, 2.24) is 15.3 Å². The van der Waals surface area contributed by atoms with Crippen LogP contribution in [0.3, 0.4) is 0 Å². The molecule has 138 valence electrons. The summed E-state index contributed by atoms with van der Waals surface area (Å²) in [7, 11) is 0. The van der Waals surface area contributed by atoms with Crippen molar-refractivity contribution in [3.63, 3.8) is 0 Å². The van der Waals surface area contributed by atoms with Crippen molar-refractivity contribution in [2.75, 3.05) is 0 Å². The molecule has 0 fully saturated rings. The molecule has 0 saturated heterocycles. The Morgan fingerprint density at radius 1 is 0.846 bits per heavy atom. The number of alkyl halides is 6. The van der Waals surface area contributed by atoms with Crippen LogP contribution in [-0.4, -0.2) is 9.97 Å². The molecule has 0 atom stereocenters. The molecule has 2 aromatic carbocycles. The Bertz CT molecular complexity index is 845. The molecule has 0 spiro atoms. The van der Waals surface area contributed by atoms with Crippen molar-refractivity contribution >= 4 is 11.0 Å². The highest BCUT2D eigenvalue weighted by Gasteiger charge is 2.36. The molecule has 3 rings (SSSR count). The van der Waals surface area contributed by atoms with E-state index >= 15 is 0 Å². The van der Waals surface area contributed by atoms with E-state index in [-0.39, 0.29) is 24.7 Å². The predicted octanol–water partition coefficient (Wildman–Crippen LogP) is 4.89. The van der Waals surface area contributed by atoms with Gasteiger partial charge in [-0.25, -0.2) is 4.98 Å². The maximum atomic E-state index is 12.8. The topological polar surface area (TPSA) is 40.7 Å². The molecule has 9 heteroatoms. The minimum atomic E-state index is -4.85. The first-order valence-corrected chi connectivity index (χ1v) is 7.55. The third-order valence-corrected chi connectivity index (χ3v) is 3.71. The van der Waals surface area contributed by atoms with Crippen molar-refractivity contribution in [3.8, 4) is 0 Å². The van der Waals surface area contributed by atoms with Crippen molar-refractivity contribution in [1.29, 1.82) is 0 Å². The zero-order valence-corrected chi connectivity index (χ0v) is 13.2. The molecule has 3 aromatic rings.